The molecular formula is C13H18AsN3. The van der Waals surface area contributed by atoms with Crippen LogP contribution in [-0.4, -0.2) is 59.0 Å². The molecular weight excluding hydrogens is 273 g/mol. The molecule has 3 rings (SSSR count). The van der Waals surface area contributed by atoms with Crippen molar-refractivity contribution < 1.29 is 0 Å². The molecule has 0 N–H and O–H groups in total. The van der Waals surface area contributed by atoms with Gasteiger partial charge in [-0.2, -0.15) is 0 Å². The van der Waals surface area contributed by atoms with Crippen LogP contribution in [-0.2, 0) is 0 Å². The first-order valence-electron chi connectivity index (χ1n) is 6.36. The summed E-state index contributed by atoms with van der Waals surface area (Å²) in [5, 5.41) is 0. The zero-order valence-electron chi connectivity index (χ0n) is 10.2. The van der Waals surface area contributed by atoms with E-state index in [4.69, 9.17) is 0 Å². The second-order valence-corrected chi connectivity index (χ2v) is 6.12. The normalized spacial score (nSPS) is 24.6. The van der Waals surface area contributed by atoms with Crippen LogP contribution in [0.5, 0.6) is 0 Å². The second kappa shape index (κ2) is 4.62. The molecule has 17 heavy (non-hydrogen) atoms. The number of pyridine rings is 1. The van der Waals surface area contributed by atoms with Gasteiger partial charge in [0, 0.05) is 0 Å². The van der Waals surface area contributed by atoms with Crippen molar-refractivity contribution >= 4 is 27.0 Å². The van der Waals surface area contributed by atoms with Gasteiger partial charge < -0.3 is 0 Å². The van der Waals surface area contributed by atoms with Crippen molar-refractivity contribution in [2.75, 3.05) is 25.0 Å². The van der Waals surface area contributed by atoms with Crippen molar-refractivity contribution in [2.45, 2.75) is 31.3 Å². The molecule has 1 aromatic rings. The van der Waals surface area contributed by atoms with E-state index in [1.807, 2.05) is 6.20 Å². The molecule has 2 heterocycles. The van der Waals surface area contributed by atoms with Gasteiger partial charge in [0.1, 0.15) is 0 Å². The Balaban J connectivity index is 1.67. The number of nitrogens with zero attached hydrogens (tertiary/aromatic N) is 3. The molecule has 2 fully saturated rings. The fraction of sp³-hybridized carbons (Fsp3) is 0.615. The fourth-order valence-electron chi connectivity index (χ4n) is 2.69. The SMILES string of the molecule is CN(C1CC1)[C@H]1CCN(c2ccnc([As])c2)C1. The van der Waals surface area contributed by atoms with Gasteiger partial charge in [0.15, 0.2) is 0 Å². The molecule has 1 aliphatic heterocycles. The van der Waals surface area contributed by atoms with E-state index in [9.17, 15) is 0 Å². The van der Waals surface area contributed by atoms with Crippen LogP contribution in [0.3, 0.4) is 0 Å². The van der Waals surface area contributed by atoms with Crippen LogP contribution < -0.4 is 9.38 Å². The number of likely N-dealkylation sites (N-methyl/N-ethyl adjacent to an activating group) is 1. The van der Waals surface area contributed by atoms with Crippen molar-refractivity contribution in [3.8, 4) is 0 Å². The van der Waals surface area contributed by atoms with E-state index in [-0.39, 0.29) is 0 Å². The van der Waals surface area contributed by atoms with Crippen molar-refractivity contribution in [2.24, 2.45) is 0 Å². The summed E-state index contributed by atoms with van der Waals surface area (Å²) in [5.41, 5.74) is 1.32. The average Bonchev–Trinajstić information content (AvgIpc) is 3.05. The third-order valence-electron chi connectivity index (χ3n) is 3.96. The molecule has 1 saturated carbocycles. The topological polar surface area (TPSA) is 19.4 Å². The molecule has 1 aromatic heterocycles. The van der Waals surface area contributed by atoms with Crippen molar-refractivity contribution in [1.82, 2.24) is 9.88 Å². The zero-order valence-corrected chi connectivity index (χ0v) is 12.1. The van der Waals surface area contributed by atoms with Crippen LogP contribution in [0, 0.1) is 0 Å². The summed E-state index contributed by atoms with van der Waals surface area (Å²) in [6.45, 7) is 2.35. The molecule has 4 heteroatoms. The van der Waals surface area contributed by atoms with E-state index in [0.717, 1.165) is 16.6 Å². The summed E-state index contributed by atoms with van der Waals surface area (Å²) in [6, 6.07) is 5.90. The van der Waals surface area contributed by atoms with Crippen LogP contribution >= 0.6 is 0 Å². The van der Waals surface area contributed by atoms with Gasteiger partial charge in [0.2, 0.25) is 0 Å². The third kappa shape index (κ3) is 2.51. The predicted molar refractivity (Wildman–Crippen MR) is 71.0 cm³/mol. The first kappa shape index (κ1) is 11.6. The van der Waals surface area contributed by atoms with Crippen LogP contribution in [0.4, 0.5) is 5.69 Å². The number of rotatable bonds is 3. The van der Waals surface area contributed by atoms with Gasteiger partial charge in [0.05, 0.1) is 0 Å². The van der Waals surface area contributed by atoms with Crippen molar-refractivity contribution in [1.29, 1.82) is 0 Å². The first-order chi connectivity index (χ1) is 8.24. The van der Waals surface area contributed by atoms with Crippen LogP contribution in [0.15, 0.2) is 18.3 Å². The fourth-order valence-corrected chi connectivity index (χ4v) is 3.11. The number of aromatic nitrogens is 1. The van der Waals surface area contributed by atoms with Gasteiger partial charge >= 0.3 is 112 Å². The minimum absolute atomic E-state index is 0.741. The van der Waals surface area contributed by atoms with E-state index in [1.165, 1.54) is 38.0 Å². The maximum atomic E-state index is 4.24. The number of hydrogen-bond donors (Lipinski definition) is 0. The van der Waals surface area contributed by atoms with Crippen LogP contribution in [0.25, 0.3) is 0 Å². The van der Waals surface area contributed by atoms with E-state index in [1.54, 1.807) is 0 Å². The van der Waals surface area contributed by atoms with Crippen molar-refractivity contribution in [3.05, 3.63) is 18.3 Å². The monoisotopic (exact) mass is 291 g/mol. The Morgan fingerprint density at radius 2 is 2.18 bits per heavy atom. The van der Waals surface area contributed by atoms with Crippen LogP contribution in [0.1, 0.15) is 19.3 Å². The van der Waals surface area contributed by atoms with E-state index >= 15 is 0 Å². The Kier molecular flexibility index (Phi) is 3.14. The minimum atomic E-state index is 0.741. The molecule has 1 atom stereocenters. The molecule has 3 nitrogen and oxygen atoms in total. The third-order valence-corrected chi connectivity index (χ3v) is 4.47. The number of hydrogen-bond acceptors (Lipinski definition) is 3. The van der Waals surface area contributed by atoms with Crippen LogP contribution in [0.2, 0.25) is 0 Å². The van der Waals surface area contributed by atoms with E-state index in [0.29, 0.717) is 0 Å². The standard InChI is InChI=1S/C13H18AsN3/c1-16(10-2-3-10)12-5-7-17(9-12)11-4-6-15-13(14)8-11/h4,6,8,10,12H,2-3,5,7,9H2,1H3/t12-/m0/s1. The summed E-state index contributed by atoms with van der Waals surface area (Å²) >= 11 is 2.52. The van der Waals surface area contributed by atoms with Gasteiger partial charge in [-0.3, -0.25) is 0 Å². The molecule has 0 unspecified atom stereocenters. The summed E-state index contributed by atoms with van der Waals surface area (Å²) in [6.07, 6.45) is 6.00. The van der Waals surface area contributed by atoms with E-state index in [2.05, 4.69) is 50.8 Å². The Bertz CT molecular complexity index is 405. The van der Waals surface area contributed by atoms with Gasteiger partial charge in [-0.25, -0.2) is 0 Å². The molecule has 0 amide bonds. The van der Waals surface area contributed by atoms with E-state index < -0.39 is 0 Å². The number of anilines is 1. The molecule has 1 saturated heterocycles. The Morgan fingerprint density at radius 1 is 1.35 bits per heavy atom. The van der Waals surface area contributed by atoms with Gasteiger partial charge in [-0.05, 0) is 0 Å². The quantitative estimate of drug-likeness (QED) is 0.758. The molecule has 0 spiro atoms. The summed E-state index contributed by atoms with van der Waals surface area (Å²) in [5.74, 6) is 0. The predicted octanol–water partition coefficient (Wildman–Crippen LogP) is 0.548. The summed E-state index contributed by atoms with van der Waals surface area (Å²) < 4.78 is 1.05. The molecule has 1 aliphatic carbocycles. The molecule has 90 valence electrons. The average molecular weight is 291 g/mol. The molecule has 2 radical (unpaired) electrons. The van der Waals surface area contributed by atoms with Gasteiger partial charge in [-0.15, -0.1) is 0 Å². The second-order valence-electron chi connectivity index (χ2n) is 5.16. The summed E-state index contributed by atoms with van der Waals surface area (Å²) in [7, 11) is 2.29. The Morgan fingerprint density at radius 3 is 2.88 bits per heavy atom. The Hall–Kier alpha value is -0.532. The first-order valence-corrected chi connectivity index (χ1v) is 7.30. The maximum absolute atomic E-state index is 4.24. The molecule has 0 aromatic carbocycles. The zero-order chi connectivity index (χ0) is 11.8. The summed E-state index contributed by atoms with van der Waals surface area (Å²) in [4.78, 5) is 9.31. The molecule has 2 aliphatic rings. The Labute approximate surface area is 112 Å². The van der Waals surface area contributed by atoms with Crippen molar-refractivity contribution in [3.63, 3.8) is 0 Å². The molecule has 0 bridgehead atoms. The van der Waals surface area contributed by atoms with Gasteiger partial charge in [0.25, 0.3) is 0 Å². The van der Waals surface area contributed by atoms with Gasteiger partial charge in [-0.1, -0.05) is 0 Å².